The number of rotatable bonds is 7. The van der Waals surface area contributed by atoms with Gasteiger partial charge in [-0.05, 0) is 68.1 Å². The average Bonchev–Trinajstić information content (AvgIpc) is 3.00. The molecule has 0 aliphatic carbocycles. The zero-order valence-electron chi connectivity index (χ0n) is 15.3. The van der Waals surface area contributed by atoms with Crippen LogP contribution in [0.15, 0.2) is 35.7 Å². The van der Waals surface area contributed by atoms with Crippen LogP contribution in [0.4, 0.5) is 0 Å². The Morgan fingerprint density at radius 3 is 2.96 bits per heavy atom. The van der Waals surface area contributed by atoms with Gasteiger partial charge in [-0.2, -0.15) is 0 Å². The van der Waals surface area contributed by atoms with E-state index in [-0.39, 0.29) is 6.42 Å². The van der Waals surface area contributed by atoms with Crippen LogP contribution in [0.5, 0.6) is 5.75 Å². The summed E-state index contributed by atoms with van der Waals surface area (Å²) in [6, 6.07) is 8.40. The predicted molar refractivity (Wildman–Crippen MR) is 106 cm³/mol. The van der Waals surface area contributed by atoms with Crippen molar-refractivity contribution in [1.29, 1.82) is 0 Å². The number of thiophene rings is 1. The van der Waals surface area contributed by atoms with E-state index in [0.29, 0.717) is 13.0 Å². The molecule has 0 bridgehead atoms. The Labute approximate surface area is 158 Å². The van der Waals surface area contributed by atoms with Crippen LogP contribution in [0.3, 0.4) is 0 Å². The summed E-state index contributed by atoms with van der Waals surface area (Å²) in [5.74, 6) is 0.169. The summed E-state index contributed by atoms with van der Waals surface area (Å²) in [5.41, 5.74) is 4.75. The Morgan fingerprint density at radius 2 is 2.19 bits per heavy atom. The van der Waals surface area contributed by atoms with E-state index in [2.05, 4.69) is 48.7 Å². The van der Waals surface area contributed by atoms with Gasteiger partial charge in [-0.1, -0.05) is 12.1 Å². The molecule has 0 saturated carbocycles. The smallest absolute Gasteiger partial charge is 0.303 e. The molecule has 2 heterocycles. The fraction of sp³-hybridized carbons (Fsp3) is 0.381. The van der Waals surface area contributed by atoms with Crippen LogP contribution in [-0.2, 0) is 17.8 Å². The number of nitrogens with zero attached hydrogens (tertiary/aromatic N) is 1. The Bertz CT molecular complexity index is 807. The standard InChI is InChI=1S/C21H25NO3S/c1-22(2)11-4-6-17-18-13-15(5-3-7-20(23)24)8-9-19(18)25-14-16-10-12-26-21(16)17/h6,8-10,12-13H,3-5,7,11,14H2,1-2H3,(H,23,24). The number of fused-ring (bicyclic) bond motifs is 2. The molecular formula is C21H25NO3S. The molecule has 0 fully saturated rings. The van der Waals surface area contributed by atoms with Crippen molar-refractivity contribution in [2.75, 3.05) is 20.6 Å². The zero-order valence-corrected chi connectivity index (χ0v) is 16.1. The second-order valence-electron chi connectivity index (χ2n) is 6.85. The number of carboxylic acid groups (broad SMARTS) is 1. The first-order valence-electron chi connectivity index (χ1n) is 8.94. The molecule has 138 valence electrons. The summed E-state index contributed by atoms with van der Waals surface area (Å²) in [5, 5.41) is 11.0. The van der Waals surface area contributed by atoms with Crippen molar-refractivity contribution in [3.05, 3.63) is 57.3 Å². The van der Waals surface area contributed by atoms with Crippen molar-refractivity contribution in [3.63, 3.8) is 0 Å². The van der Waals surface area contributed by atoms with E-state index >= 15 is 0 Å². The van der Waals surface area contributed by atoms with Crippen LogP contribution in [0.2, 0.25) is 0 Å². The summed E-state index contributed by atoms with van der Waals surface area (Å²) in [6.45, 7) is 1.59. The largest absolute Gasteiger partial charge is 0.488 e. The molecule has 4 nitrogen and oxygen atoms in total. The normalized spacial score (nSPS) is 14.7. The van der Waals surface area contributed by atoms with E-state index < -0.39 is 5.97 Å². The van der Waals surface area contributed by atoms with E-state index in [0.717, 1.165) is 36.3 Å². The van der Waals surface area contributed by atoms with Crippen molar-refractivity contribution in [2.45, 2.75) is 32.3 Å². The van der Waals surface area contributed by atoms with Crippen LogP contribution >= 0.6 is 11.3 Å². The highest BCUT2D eigenvalue weighted by Crippen LogP contribution is 2.40. The molecule has 1 aromatic carbocycles. The Kier molecular flexibility index (Phi) is 6.12. The minimum Gasteiger partial charge on any atom is -0.488 e. The minimum atomic E-state index is -0.740. The topological polar surface area (TPSA) is 49.8 Å². The maximum absolute atomic E-state index is 10.8. The molecule has 0 atom stereocenters. The van der Waals surface area contributed by atoms with E-state index in [9.17, 15) is 4.79 Å². The molecule has 1 aliphatic rings. The molecule has 3 rings (SSSR count). The number of hydrogen-bond donors (Lipinski definition) is 1. The lowest BCUT2D eigenvalue weighted by Gasteiger charge is -2.13. The van der Waals surface area contributed by atoms with Gasteiger partial charge in [0.1, 0.15) is 12.4 Å². The number of carbonyl (C=O) groups is 1. The van der Waals surface area contributed by atoms with E-state index in [4.69, 9.17) is 9.84 Å². The summed E-state index contributed by atoms with van der Waals surface area (Å²) in [4.78, 5) is 14.2. The number of aliphatic carboxylic acids is 1. The molecule has 1 aliphatic heterocycles. The first kappa shape index (κ1) is 18.7. The summed E-state index contributed by atoms with van der Waals surface area (Å²) in [7, 11) is 4.17. The van der Waals surface area contributed by atoms with Gasteiger partial charge in [-0.15, -0.1) is 11.3 Å². The number of ether oxygens (including phenoxy) is 1. The van der Waals surface area contributed by atoms with E-state index in [1.165, 1.54) is 16.0 Å². The molecular weight excluding hydrogens is 346 g/mol. The highest BCUT2D eigenvalue weighted by molar-refractivity contribution is 7.11. The lowest BCUT2D eigenvalue weighted by atomic mass is 9.97. The van der Waals surface area contributed by atoms with Gasteiger partial charge in [0.25, 0.3) is 0 Å². The van der Waals surface area contributed by atoms with E-state index in [1.807, 2.05) is 6.07 Å². The average molecular weight is 372 g/mol. The van der Waals surface area contributed by atoms with Gasteiger partial charge in [-0.3, -0.25) is 4.79 Å². The molecule has 5 heteroatoms. The quantitative estimate of drug-likeness (QED) is 0.782. The summed E-state index contributed by atoms with van der Waals surface area (Å²) >= 11 is 1.76. The fourth-order valence-electron chi connectivity index (χ4n) is 3.15. The summed E-state index contributed by atoms with van der Waals surface area (Å²) < 4.78 is 6.05. The highest BCUT2D eigenvalue weighted by atomic mass is 32.1. The second-order valence-corrected chi connectivity index (χ2v) is 7.77. The lowest BCUT2D eigenvalue weighted by molar-refractivity contribution is -0.137. The predicted octanol–water partition coefficient (Wildman–Crippen LogP) is 4.43. The second kappa shape index (κ2) is 8.52. The first-order valence-corrected chi connectivity index (χ1v) is 9.82. The molecule has 0 radical (unpaired) electrons. The van der Waals surface area contributed by atoms with Crippen molar-refractivity contribution in [2.24, 2.45) is 0 Å². The number of benzene rings is 1. The van der Waals surface area contributed by atoms with Gasteiger partial charge in [-0.25, -0.2) is 0 Å². The van der Waals surface area contributed by atoms with Crippen molar-refractivity contribution in [1.82, 2.24) is 4.90 Å². The minimum absolute atomic E-state index is 0.203. The summed E-state index contributed by atoms with van der Waals surface area (Å²) in [6.07, 6.45) is 4.90. The molecule has 1 N–H and O–H groups in total. The monoisotopic (exact) mass is 371 g/mol. The number of hydrogen-bond acceptors (Lipinski definition) is 4. The van der Waals surface area contributed by atoms with Gasteiger partial charge < -0.3 is 14.7 Å². The van der Waals surface area contributed by atoms with Crippen LogP contribution in [0, 0.1) is 0 Å². The zero-order chi connectivity index (χ0) is 18.5. The van der Waals surface area contributed by atoms with Crippen molar-refractivity contribution >= 4 is 22.9 Å². The van der Waals surface area contributed by atoms with Gasteiger partial charge in [0.15, 0.2) is 0 Å². The molecule has 0 amide bonds. The van der Waals surface area contributed by atoms with Crippen LogP contribution in [-0.4, -0.2) is 36.6 Å². The lowest BCUT2D eigenvalue weighted by Crippen LogP contribution is -2.12. The molecule has 2 aromatic rings. The van der Waals surface area contributed by atoms with Gasteiger partial charge in [0.2, 0.25) is 0 Å². The third kappa shape index (κ3) is 4.54. The van der Waals surface area contributed by atoms with Gasteiger partial charge >= 0.3 is 5.97 Å². The number of carboxylic acids is 1. The maximum Gasteiger partial charge on any atom is 0.303 e. The molecule has 26 heavy (non-hydrogen) atoms. The van der Waals surface area contributed by atoms with Crippen molar-refractivity contribution in [3.8, 4) is 5.75 Å². The van der Waals surface area contributed by atoms with E-state index in [1.54, 1.807) is 11.3 Å². The first-order chi connectivity index (χ1) is 12.5. The molecule has 0 spiro atoms. The molecule has 1 aromatic heterocycles. The molecule has 0 saturated heterocycles. The molecule has 0 unspecified atom stereocenters. The Balaban J connectivity index is 1.92. The highest BCUT2D eigenvalue weighted by Gasteiger charge is 2.20. The SMILES string of the molecule is CN(C)CCC=C1c2cc(CCCC(=O)O)ccc2OCc2ccsc21. The number of aryl methyl sites for hydroxylation is 1. The van der Waals surface area contributed by atoms with Crippen LogP contribution in [0.25, 0.3) is 5.57 Å². The van der Waals surface area contributed by atoms with Gasteiger partial charge in [0.05, 0.1) is 0 Å². The van der Waals surface area contributed by atoms with Crippen LogP contribution in [0.1, 0.15) is 40.8 Å². The fourth-order valence-corrected chi connectivity index (χ4v) is 4.11. The van der Waals surface area contributed by atoms with Crippen molar-refractivity contribution < 1.29 is 14.6 Å². The third-order valence-electron chi connectivity index (χ3n) is 4.49. The van der Waals surface area contributed by atoms with Gasteiger partial charge in [0, 0.05) is 29.0 Å². The Morgan fingerprint density at radius 1 is 1.35 bits per heavy atom. The maximum atomic E-state index is 10.8. The van der Waals surface area contributed by atoms with Crippen LogP contribution < -0.4 is 4.74 Å². The Hall–Kier alpha value is -2.11. The third-order valence-corrected chi connectivity index (χ3v) is 5.48.